The Balaban J connectivity index is 2.03. The van der Waals surface area contributed by atoms with Crippen LogP contribution in [0.4, 0.5) is 10.1 Å². The van der Waals surface area contributed by atoms with Gasteiger partial charge in [0.05, 0.1) is 12.1 Å². The number of nitrogens with one attached hydrogen (secondary N) is 1. The molecule has 0 unspecified atom stereocenters. The van der Waals surface area contributed by atoms with Gasteiger partial charge in [-0.2, -0.15) is 0 Å². The summed E-state index contributed by atoms with van der Waals surface area (Å²) in [4.78, 5) is 25.3. The Kier molecular flexibility index (Phi) is 6.36. The zero-order chi connectivity index (χ0) is 18.4. The number of benzene rings is 2. The highest BCUT2D eigenvalue weighted by molar-refractivity contribution is 6.32. The molecule has 0 bridgehead atoms. The minimum Gasteiger partial charge on any atom is -0.495 e. The van der Waals surface area contributed by atoms with Gasteiger partial charge < -0.3 is 15.0 Å². The molecule has 0 heterocycles. The standard InChI is InChI=1S/C18H18ClFN2O3/c1-12(23)22(15-7-8-17(25-2)16(19)9-15)11-18(24)21-10-13-3-5-14(20)6-4-13/h3-9H,10-11H2,1-2H3,(H,21,24). The van der Waals surface area contributed by atoms with Gasteiger partial charge in [-0.05, 0) is 35.9 Å². The van der Waals surface area contributed by atoms with Crippen molar-refractivity contribution in [3.05, 3.63) is 58.9 Å². The summed E-state index contributed by atoms with van der Waals surface area (Å²) in [5.41, 5.74) is 1.26. The Hall–Kier alpha value is -2.60. The molecule has 0 aliphatic carbocycles. The van der Waals surface area contributed by atoms with Gasteiger partial charge in [0, 0.05) is 19.2 Å². The third-order valence-corrected chi connectivity index (χ3v) is 3.83. The molecule has 0 radical (unpaired) electrons. The van der Waals surface area contributed by atoms with Gasteiger partial charge in [-0.1, -0.05) is 23.7 Å². The van der Waals surface area contributed by atoms with E-state index in [1.54, 1.807) is 30.3 Å². The van der Waals surface area contributed by atoms with Crippen molar-refractivity contribution >= 4 is 29.1 Å². The van der Waals surface area contributed by atoms with Gasteiger partial charge in [-0.3, -0.25) is 9.59 Å². The molecule has 2 rings (SSSR count). The van der Waals surface area contributed by atoms with Gasteiger partial charge in [0.2, 0.25) is 11.8 Å². The number of amides is 2. The van der Waals surface area contributed by atoms with E-state index in [2.05, 4.69) is 5.32 Å². The van der Waals surface area contributed by atoms with Crippen molar-refractivity contribution < 1.29 is 18.7 Å². The lowest BCUT2D eigenvalue weighted by Gasteiger charge is -2.21. The van der Waals surface area contributed by atoms with E-state index in [1.807, 2.05) is 0 Å². The number of halogens is 2. The number of carbonyl (C=O) groups is 2. The van der Waals surface area contributed by atoms with E-state index in [1.165, 1.54) is 31.1 Å². The number of hydrogen-bond donors (Lipinski definition) is 1. The fraction of sp³-hybridized carbons (Fsp3) is 0.222. The van der Waals surface area contributed by atoms with E-state index in [0.717, 1.165) is 5.56 Å². The maximum atomic E-state index is 12.9. The van der Waals surface area contributed by atoms with Gasteiger partial charge in [0.15, 0.2) is 0 Å². The van der Waals surface area contributed by atoms with Crippen molar-refractivity contribution in [2.75, 3.05) is 18.6 Å². The molecule has 0 saturated carbocycles. The molecule has 2 aromatic rings. The predicted octanol–water partition coefficient (Wildman–Crippen LogP) is 3.16. The maximum absolute atomic E-state index is 12.9. The van der Waals surface area contributed by atoms with Crippen LogP contribution in [0, 0.1) is 5.82 Å². The van der Waals surface area contributed by atoms with Crippen LogP contribution >= 0.6 is 11.6 Å². The van der Waals surface area contributed by atoms with Crippen molar-refractivity contribution in [3.63, 3.8) is 0 Å². The molecule has 5 nitrogen and oxygen atoms in total. The normalized spacial score (nSPS) is 10.2. The topological polar surface area (TPSA) is 58.6 Å². The summed E-state index contributed by atoms with van der Waals surface area (Å²) < 4.78 is 17.9. The lowest BCUT2D eigenvalue weighted by molar-refractivity contribution is -0.123. The summed E-state index contributed by atoms with van der Waals surface area (Å²) in [5.74, 6) is -0.492. The molecule has 25 heavy (non-hydrogen) atoms. The second-order valence-corrected chi connectivity index (χ2v) is 5.73. The molecule has 2 amide bonds. The van der Waals surface area contributed by atoms with Crippen molar-refractivity contribution in [2.24, 2.45) is 0 Å². The van der Waals surface area contributed by atoms with Crippen LogP contribution in [0.15, 0.2) is 42.5 Å². The second kappa shape index (κ2) is 8.48. The zero-order valence-corrected chi connectivity index (χ0v) is 14.6. The highest BCUT2D eigenvalue weighted by Crippen LogP contribution is 2.29. The van der Waals surface area contributed by atoms with Crippen LogP contribution < -0.4 is 15.0 Å². The predicted molar refractivity (Wildman–Crippen MR) is 94.3 cm³/mol. The summed E-state index contributed by atoms with van der Waals surface area (Å²) in [6.07, 6.45) is 0. The zero-order valence-electron chi connectivity index (χ0n) is 13.9. The summed E-state index contributed by atoms with van der Waals surface area (Å²) in [6, 6.07) is 10.7. The van der Waals surface area contributed by atoms with Crippen LogP contribution in [-0.2, 0) is 16.1 Å². The minimum absolute atomic E-state index is 0.154. The number of ether oxygens (including phenoxy) is 1. The lowest BCUT2D eigenvalue weighted by Crippen LogP contribution is -2.39. The number of hydrogen-bond acceptors (Lipinski definition) is 3. The Morgan fingerprint density at radius 2 is 1.88 bits per heavy atom. The van der Waals surface area contributed by atoms with Crippen molar-refractivity contribution in [3.8, 4) is 5.75 Å². The average molecular weight is 365 g/mol. The number of carbonyl (C=O) groups excluding carboxylic acids is 2. The van der Waals surface area contributed by atoms with Crippen molar-refractivity contribution in [1.29, 1.82) is 0 Å². The summed E-state index contributed by atoms with van der Waals surface area (Å²) in [5, 5.41) is 3.04. The lowest BCUT2D eigenvalue weighted by atomic mass is 10.2. The largest absolute Gasteiger partial charge is 0.495 e. The molecule has 0 aliphatic rings. The Morgan fingerprint density at radius 3 is 2.44 bits per heavy atom. The van der Waals surface area contributed by atoms with Gasteiger partial charge in [-0.25, -0.2) is 4.39 Å². The Labute approximate surface area is 150 Å². The van der Waals surface area contributed by atoms with E-state index < -0.39 is 0 Å². The highest BCUT2D eigenvalue weighted by Gasteiger charge is 2.17. The average Bonchev–Trinajstić information content (AvgIpc) is 2.59. The van der Waals surface area contributed by atoms with Crippen LogP contribution in [-0.4, -0.2) is 25.5 Å². The molecule has 2 aromatic carbocycles. The maximum Gasteiger partial charge on any atom is 0.240 e. The summed E-state index contributed by atoms with van der Waals surface area (Å²) in [7, 11) is 1.49. The molecule has 7 heteroatoms. The molecule has 0 aliphatic heterocycles. The van der Waals surface area contributed by atoms with E-state index in [4.69, 9.17) is 16.3 Å². The van der Waals surface area contributed by atoms with Gasteiger partial charge in [0.1, 0.15) is 18.1 Å². The van der Waals surface area contributed by atoms with E-state index in [0.29, 0.717) is 16.5 Å². The first-order chi connectivity index (χ1) is 11.9. The third-order valence-electron chi connectivity index (χ3n) is 3.53. The Bertz CT molecular complexity index is 765. The number of methoxy groups -OCH3 is 1. The first kappa shape index (κ1) is 18.7. The van der Waals surface area contributed by atoms with Gasteiger partial charge >= 0.3 is 0 Å². The SMILES string of the molecule is COc1ccc(N(CC(=O)NCc2ccc(F)cc2)C(C)=O)cc1Cl. The fourth-order valence-electron chi connectivity index (χ4n) is 2.21. The number of nitrogens with zero attached hydrogens (tertiary/aromatic N) is 1. The third kappa shape index (κ3) is 5.19. The summed E-state index contributed by atoms with van der Waals surface area (Å²) in [6.45, 7) is 1.46. The molecular weight excluding hydrogens is 347 g/mol. The van der Waals surface area contributed by atoms with Crippen molar-refractivity contribution in [2.45, 2.75) is 13.5 Å². The smallest absolute Gasteiger partial charge is 0.240 e. The molecule has 0 fully saturated rings. The molecule has 132 valence electrons. The van der Waals surface area contributed by atoms with Crippen LogP contribution in [0.3, 0.4) is 0 Å². The Morgan fingerprint density at radius 1 is 1.20 bits per heavy atom. The van der Waals surface area contributed by atoms with Gasteiger partial charge in [-0.15, -0.1) is 0 Å². The molecule has 0 saturated heterocycles. The quantitative estimate of drug-likeness (QED) is 0.856. The van der Waals surface area contributed by atoms with Crippen LogP contribution in [0.25, 0.3) is 0 Å². The first-order valence-corrected chi connectivity index (χ1v) is 7.91. The summed E-state index contributed by atoms with van der Waals surface area (Å²) >= 11 is 6.07. The van der Waals surface area contributed by atoms with Crippen LogP contribution in [0.2, 0.25) is 5.02 Å². The molecule has 0 atom stereocenters. The van der Waals surface area contributed by atoms with Crippen LogP contribution in [0.1, 0.15) is 12.5 Å². The monoisotopic (exact) mass is 364 g/mol. The first-order valence-electron chi connectivity index (χ1n) is 7.53. The molecule has 0 spiro atoms. The van der Waals surface area contributed by atoms with Gasteiger partial charge in [0.25, 0.3) is 0 Å². The highest BCUT2D eigenvalue weighted by atomic mass is 35.5. The molecule has 1 N–H and O–H groups in total. The molecular formula is C18H18ClFN2O3. The minimum atomic E-state index is -0.341. The van der Waals surface area contributed by atoms with E-state index in [-0.39, 0.29) is 30.7 Å². The van der Waals surface area contributed by atoms with Crippen molar-refractivity contribution in [1.82, 2.24) is 5.32 Å². The van der Waals surface area contributed by atoms with Crippen LogP contribution in [0.5, 0.6) is 5.75 Å². The number of rotatable bonds is 6. The molecule has 0 aromatic heterocycles. The van der Waals surface area contributed by atoms with E-state index in [9.17, 15) is 14.0 Å². The van der Waals surface area contributed by atoms with E-state index >= 15 is 0 Å². The number of anilines is 1. The fourth-order valence-corrected chi connectivity index (χ4v) is 2.46. The second-order valence-electron chi connectivity index (χ2n) is 5.33.